The van der Waals surface area contributed by atoms with Crippen molar-refractivity contribution in [3.05, 3.63) is 40.7 Å². The van der Waals surface area contributed by atoms with Gasteiger partial charge in [0.2, 0.25) is 12.3 Å². The number of likely N-dealkylation sites (N-methyl/N-ethyl adjacent to an activating group) is 1. The van der Waals surface area contributed by atoms with Gasteiger partial charge in [0.1, 0.15) is 5.70 Å². The van der Waals surface area contributed by atoms with Crippen molar-refractivity contribution in [2.24, 2.45) is 11.8 Å². The molecule has 33 heavy (non-hydrogen) atoms. The highest BCUT2D eigenvalue weighted by atomic mass is 32.2. The molecule has 0 bridgehead atoms. The van der Waals surface area contributed by atoms with E-state index in [1.165, 1.54) is 16.7 Å². The molecular formula is C23H32N4O5S. The van der Waals surface area contributed by atoms with Crippen LogP contribution in [0.4, 0.5) is 0 Å². The van der Waals surface area contributed by atoms with Crippen molar-refractivity contribution in [2.45, 2.75) is 57.2 Å². The van der Waals surface area contributed by atoms with Gasteiger partial charge in [-0.1, -0.05) is 19.9 Å². The lowest BCUT2D eigenvalue weighted by Gasteiger charge is -2.32. The number of aliphatic hydroxyl groups is 1. The average Bonchev–Trinajstić information content (AvgIpc) is 3.31. The van der Waals surface area contributed by atoms with Gasteiger partial charge in [0, 0.05) is 54.4 Å². The van der Waals surface area contributed by atoms with Crippen molar-refractivity contribution in [3.8, 4) is 0 Å². The third-order valence-corrected chi connectivity index (χ3v) is 8.15. The van der Waals surface area contributed by atoms with Gasteiger partial charge >= 0.3 is 5.97 Å². The molecule has 0 radical (unpaired) electrons. The molecule has 2 aliphatic rings. The fraction of sp³-hybridized carbons (Fsp3) is 0.565. The van der Waals surface area contributed by atoms with E-state index in [4.69, 9.17) is 0 Å². The predicted molar refractivity (Wildman–Crippen MR) is 125 cm³/mol. The third-order valence-electron chi connectivity index (χ3n) is 6.65. The number of carbonyl (C=O) groups is 3. The van der Waals surface area contributed by atoms with Crippen LogP contribution in [-0.4, -0.2) is 80.3 Å². The lowest BCUT2D eigenvalue weighted by atomic mass is 9.88. The lowest BCUT2D eigenvalue weighted by Crippen LogP contribution is -2.42. The van der Waals surface area contributed by atoms with Crippen LogP contribution in [0.3, 0.4) is 0 Å². The first-order chi connectivity index (χ1) is 15.7. The second-order valence-electron chi connectivity index (χ2n) is 8.77. The molecule has 10 heteroatoms. The summed E-state index contributed by atoms with van der Waals surface area (Å²) in [6.07, 6.45) is 2.12. The number of carbonyl (C=O) groups excluding carboxylic acids is 2. The van der Waals surface area contributed by atoms with Crippen LogP contribution in [0.2, 0.25) is 0 Å². The SMILES string of the molecule is CNC(=O)[C@@H]1C[C@H](SC2=C(C(=O)O)N(C=O)C([C@@H](C)[C@@H](C)O)[C@H]2C)CN1Cc1ccccn1. The normalized spacial score (nSPS) is 27.5. The Morgan fingerprint density at radius 2 is 2.09 bits per heavy atom. The number of amides is 2. The van der Waals surface area contributed by atoms with E-state index in [1.54, 1.807) is 20.2 Å². The molecule has 3 heterocycles. The van der Waals surface area contributed by atoms with E-state index in [1.807, 2.05) is 32.0 Å². The van der Waals surface area contributed by atoms with Crippen molar-refractivity contribution in [2.75, 3.05) is 13.6 Å². The van der Waals surface area contributed by atoms with Crippen LogP contribution in [0, 0.1) is 11.8 Å². The zero-order valence-electron chi connectivity index (χ0n) is 19.3. The number of aliphatic carboxylic acids is 1. The maximum absolute atomic E-state index is 12.6. The summed E-state index contributed by atoms with van der Waals surface area (Å²) in [5, 5.41) is 22.8. The van der Waals surface area contributed by atoms with E-state index < -0.39 is 18.1 Å². The van der Waals surface area contributed by atoms with Gasteiger partial charge in [0.05, 0.1) is 17.8 Å². The maximum atomic E-state index is 12.6. The highest BCUT2D eigenvalue weighted by molar-refractivity contribution is 8.03. The molecule has 3 N–H and O–H groups in total. The lowest BCUT2D eigenvalue weighted by molar-refractivity contribution is -0.137. The molecule has 1 saturated heterocycles. The van der Waals surface area contributed by atoms with Gasteiger partial charge in [-0.2, -0.15) is 0 Å². The molecule has 2 aliphatic heterocycles. The smallest absolute Gasteiger partial charge is 0.353 e. The average molecular weight is 477 g/mol. The number of aromatic nitrogens is 1. The van der Waals surface area contributed by atoms with Gasteiger partial charge in [-0.3, -0.25) is 19.5 Å². The topological polar surface area (TPSA) is 123 Å². The van der Waals surface area contributed by atoms with Gasteiger partial charge in [-0.15, -0.1) is 11.8 Å². The van der Waals surface area contributed by atoms with Crippen molar-refractivity contribution in [3.63, 3.8) is 0 Å². The van der Waals surface area contributed by atoms with Crippen LogP contribution < -0.4 is 5.32 Å². The van der Waals surface area contributed by atoms with Crippen LogP contribution in [0.15, 0.2) is 35.0 Å². The van der Waals surface area contributed by atoms with E-state index >= 15 is 0 Å². The summed E-state index contributed by atoms with van der Waals surface area (Å²) in [6, 6.07) is 4.86. The van der Waals surface area contributed by atoms with Crippen molar-refractivity contribution >= 4 is 30.0 Å². The van der Waals surface area contributed by atoms with Gasteiger partial charge in [-0.25, -0.2) is 4.79 Å². The Morgan fingerprint density at radius 1 is 1.36 bits per heavy atom. The largest absolute Gasteiger partial charge is 0.477 e. The van der Waals surface area contributed by atoms with E-state index in [-0.39, 0.29) is 34.7 Å². The summed E-state index contributed by atoms with van der Waals surface area (Å²) >= 11 is 1.43. The highest BCUT2D eigenvalue weighted by Crippen LogP contribution is 2.46. The van der Waals surface area contributed by atoms with Crippen molar-refractivity contribution < 1.29 is 24.6 Å². The number of rotatable bonds is 9. The molecule has 0 aliphatic carbocycles. The van der Waals surface area contributed by atoms with E-state index in [0.717, 1.165) is 5.69 Å². The molecule has 1 unspecified atom stereocenters. The van der Waals surface area contributed by atoms with E-state index in [2.05, 4.69) is 15.2 Å². The maximum Gasteiger partial charge on any atom is 0.353 e. The molecule has 180 valence electrons. The minimum Gasteiger partial charge on any atom is -0.477 e. The van der Waals surface area contributed by atoms with E-state index in [9.17, 15) is 24.6 Å². The number of thioether (sulfide) groups is 1. The molecular weight excluding hydrogens is 444 g/mol. The molecule has 0 aromatic carbocycles. The highest BCUT2D eigenvalue weighted by Gasteiger charge is 2.47. The number of aliphatic hydroxyl groups excluding tert-OH is 1. The van der Waals surface area contributed by atoms with Crippen LogP contribution in [-0.2, 0) is 20.9 Å². The third kappa shape index (κ3) is 5.23. The summed E-state index contributed by atoms with van der Waals surface area (Å²) < 4.78 is 0. The summed E-state index contributed by atoms with van der Waals surface area (Å²) in [5.74, 6) is -1.81. The molecule has 1 aromatic rings. The fourth-order valence-electron chi connectivity index (χ4n) is 4.82. The van der Waals surface area contributed by atoms with Gasteiger partial charge < -0.3 is 20.4 Å². The monoisotopic (exact) mass is 476 g/mol. The number of hydrogen-bond donors (Lipinski definition) is 3. The standard InChI is InChI=1S/C23H32N4O5S/c1-13(15(3)29)19-14(2)21(20(23(31)32)27(19)12-28)33-17-9-18(22(30)24-4)26(11-17)10-16-7-5-6-8-25-16/h5-8,12-15,17-19,29H,9-11H2,1-4H3,(H,24,30)(H,31,32)/t13-,14+,15+,17-,18-,19?/m0/s1. The summed E-state index contributed by atoms with van der Waals surface area (Å²) in [5.41, 5.74) is 0.828. The molecule has 6 atom stereocenters. The molecule has 0 saturated carbocycles. The Bertz CT molecular complexity index is 909. The number of carboxylic acid groups (broad SMARTS) is 1. The first-order valence-corrected chi connectivity index (χ1v) is 12.0. The molecule has 1 aromatic heterocycles. The summed E-state index contributed by atoms with van der Waals surface area (Å²) in [7, 11) is 1.61. The zero-order chi connectivity index (χ0) is 24.3. The minimum atomic E-state index is -1.16. The van der Waals surface area contributed by atoms with Gasteiger partial charge in [0.15, 0.2) is 0 Å². The van der Waals surface area contributed by atoms with Crippen LogP contribution >= 0.6 is 11.8 Å². The number of pyridine rings is 1. The Kier molecular flexibility index (Phi) is 8.14. The number of nitrogens with one attached hydrogen (secondary N) is 1. The van der Waals surface area contributed by atoms with Crippen LogP contribution in [0.5, 0.6) is 0 Å². The second kappa shape index (κ2) is 10.7. The molecule has 0 spiro atoms. The Balaban J connectivity index is 1.86. The fourth-order valence-corrected chi connectivity index (χ4v) is 6.39. The summed E-state index contributed by atoms with van der Waals surface area (Å²) in [6.45, 7) is 6.46. The number of likely N-dealkylation sites (tertiary alicyclic amines) is 1. The minimum absolute atomic E-state index is 0.0281. The van der Waals surface area contributed by atoms with Gasteiger partial charge in [0.25, 0.3) is 0 Å². The van der Waals surface area contributed by atoms with Gasteiger partial charge in [-0.05, 0) is 25.5 Å². The number of carboxylic acids is 1. The molecule has 3 rings (SSSR count). The number of hydrogen-bond acceptors (Lipinski definition) is 7. The second-order valence-corrected chi connectivity index (χ2v) is 10.1. The Morgan fingerprint density at radius 3 is 2.64 bits per heavy atom. The molecule has 1 fully saturated rings. The Hall–Kier alpha value is -2.43. The summed E-state index contributed by atoms with van der Waals surface area (Å²) in [4.78, 5) is 44.9. The first-order valence-electron chi connectivity index (χ1n) is 11.1. The molecule has 2 amide bonds. The molecule has 9 nitrogen and oxygen atoms in total. The van der Waals surface area contributed by atoms with Crippen LogP contribution in [0.25, 0.3) is 0 Å². The van der Waals surface area contributed by atoms with E-state index in [0.29, 0.717) is 30.8 Å². The van der Waals surface area contributed by atoms with Crippen molar-refractivity contribution in [1.82, 2.24) is 20.1 Å². The Labute approximate surface area is 198 Å². The number of nitrogens with zero attached hydrogens (tertiary/aromatic N) is 3. The van der Waals surface area contributed by atoms with Crippen molar-refractivity contribution in [1.29, 1.82) is 0 Å². The zero-order valence-corrected chi connectivity index (χ0v) is 20.2. The first kappa shape index (κ1) is 25.2. The quantitative estimate of drug-likeness (QED) is 0.456. The van der Waals surface area contributed by atoms with Crippen LogP contribution in [0.1, 0.15) is 32.9 Å². The predicted octanol–water partition coefficient (Wildman–Crippen LogP) is 1.29.